The molecule has 0 spiro atoms. The van der Waals surface area contributed by atoms with Crippen LogP contribution in [0.5, 0.6) is 5.75 Å². The summed E-state index contributed by atoms with van der Waals surface area (Å²) in [5.41, 5.74) is 1.90. The number of ether oxygens (including phenoxy) is 1. The van der Waals surface area contributed by atoms with Crippen molar-refractivity contribution in [2.45, 2.75) is 31.4 Å². The van der Waals surface area contributed by atoms with Crippen molar-refractivity contribution in [3.8, 4) is 5.75 Å². The van der Waals surface area contributed by atoms with Gasteiger partial charge in [-0.3, -0.25) is 15.0 Å². The molecule has 0 saturated carbocycles. The highest BCUT2D eigenvalue weighted by Crippen LogP contribution is 2.39. The number of halogens is 1. The van der Waals surface area contributed by atoms with E-state index in [0.717, 1.165) is 24.2 Å². The molecule has 2 amide bonds. The molecule has 11 heteroatoms. The number of anilines is 3. The molecule has 0 radical (unpaired) electrons. The van der Waals surface area contributed by atoms with Crippen LogP contribution < -0.4 is 19.9 Å². The zero-order chi connectivity index (χ0) is 26.6. The van der Waals surface area contributed by atoms with Gasteiger partial charge in [-0.15, -0.1) is 0 Å². The number of aryl methyl sites for hydroxylation is 1. The quantitative estimate of drug-likeness (QED) is 0.367. The summed E-state index contributed by atoms with van der Waals surface area (Å²) >= 11 is 0. The van der Waals surface area contributed by atoms with Gasteiger partial charge in [-0.2, -0.15) is 0 Å². The van der Waals surface area contributed by atoms with Crippen LogP contribution in [-0.2, 0) is 6.42 Å². The van der Waals surface area contributed by atoms with Crippen molar-refractivity contribution in [2.24, 2.45) is 0 Å². The number of nitrogens with one attached hydrogen (secondary N) is 1. The van der Waals surface area contributed by atoms with E-state index in [0.29, 0.717) is 24.5 Å². The molecule has 1 saturated heterocycles. The lowest BCUT2D eigenvalue weighted by atomic mass is 10.1. The SMILES string of the molecule is O=C(CCc1ccc(F)cc1)c1ccc2c(n1)N(C(=O)Nc1cc(OC[C@H](O)CO)ccn1)[C@H]1CCN2C1. The number of hydrogen-bond donors (Lipinski definition) is 3. The number of aliphatic hydroxyl groups excluding tert-OH is 2. The Labute approximate surface area is 218 Å². The number of urea groups is 1. The van der Waals surface area contributed by atoms with E-state index in [1.165, 1.54) is 24.4 Å². The van der Waals surface area contributed by atoms with Crippen LogP contribution in [0, 0.1) is 5.82 Å². The predicted octanol–water partition coefficient (Wildman–Crippen LogP) is 2.79. The van der Waals surface area contributed by atoms with Crippen molar-refractivity contribution in [2.75, 3.05) is 41.4 Å². The van der Waals surface area contributed by atoms with Crippen molar-refractivity contribution < 1.29 is 28.9 Å². The van der Waals surface area contributed by atoms with Gasteiger partial charge in [-0.1, -0.05) is 12.1 Å². The molecular formula is C27H28FN5O5. The van der Waals surface area contributed by atoms with Gasteiger partial charge in [0.2, 0.25) is 0 Å². The summed E-state index contributed by atoms with van der Waals surface area (Å²) in [5.74, 6) is 0.555. The van der Waals surface area contributed by atoms with Crippen molar-refractivity contribution in [1.82, 2.24) is 9.97 Å². The molecule has 4 heterocycles. The van der Waals surface area contributed by atoms with E-state index < -0.39 is 18.7 Å². The lowest BCUT2D eigenvalue weighted by Crippen LogP contribution is -2.48. The maximum absolute atomic E-state index is 13.4. The molecule has 5 rings (SSSR count). The predicted molar refractivity (Wildman–Crippen MR) is 138 cm³/mol. The summed E-state index contributed by atoms with van der Waals surface area (Å²) < 4.78 is 18.6. The molecule has 38 heavy (non-hydrogen) atoms. The molecule has 10 nitrogen and oxygen atoms in total. The van der Waals surface area contributed by atoms with Gasteiger partial charge in [-0.25, -0.2) is 19.2 Å². The minimum atomic E-state index is -1.02. The number of carbonyl (C=O) groups is 2. The van der Waals surface area contributed by atoms with E-state index >= 15 is 0 Å². The van der Waals surface area contributed by atoms with Crippen LogP contribution in [0.1, 0.15) is 28.9 Å². The minimum absolute atomic E-state index is 0.104. The lowest BCUT2D eigenvalue weighted by molar-refractivity contribution is 0.0536. The number of aromatic nitrogens is 2. The molecule has 2 aliphatic rings. The number of Topliss-reactive ketones (excluding diaryl/α,β-unsaturated/α-hetero) is 1. The van der Waals surface area contributed by atoms with Gasteiger partial charge in [0, 0.05) is 31.8 Å². The number of carbonyl (C=O) groups excluding carboxylic acids is 2. The van der Waals surface area contributed by atoms with Gasteiger partial charge >= 0.3 is 6.03 Å². The first kappa shape index (κ1) is 25.6. The summed E-state index contributed by atoms with van der Waals surface area (Å²) in [5, 5.41) is 21.3. The number of rotatable bonds is 9. The van der Waals surface area contributed by atoms with Gasteiger partial charge in [0.25, 0.3) is 0 Å². The first-order chi connectivity index (χ1) is 18.4. The van der Waals surface area contributed by atoms with Gasteiger partial charge in [0.05, 0.1) is 18.3 Å². The standard InChI is InChI=1S/C27H28FN5O5/c28-18-4-1-17(2-5-18)3-8-24(36)22-6-7-23-26(30-22)33(19-10-12-32(23)14-19)27(37)31-25-13-21(9-11-29-25)38-16-20(35)15-34/h1-2,4-7,9,11,13,19-20,34-35H,3,8,10,12,14-16H2,(H,29,31,37)/t19-,20+/m0/s1. The molecule has 198 valence electrons. The molecule has 1 aromatic carbocycles. The van der Waals surface area contributed by atoms with Crippen LogP contribution in [0.2, 0.25) is 0 Å². The van der Waals surface area contributed by atoms with E-state index in [1.807, 2.05) is 6.07 Å². The number of benzene rings is 1. The second kappa shape index (κ2) is 11.1. The largest absolute Gasteiger partial charge is 0.491 e. The molecule has 3 aromatic rings. The third-order valence-electron chi connectivity index (χ3n) is 6.63. The van der Waals surface area contributed by atoms with Gasteiger partial charge in [0.15, 0.2) is 11.6 Å². The van der Waals surface area contributed by atoms with Crippen LogP contribution in [0.15, 0.2) is 54.7 Å². The fourth-order valence-corrected chi connectivity index (χ4v) is 4.65. The minimum Gasteiger partial charge on any atom is -0.491 e. The Balaban J connectivity index is 1.32. The molecule has 2 aliphatic heterocycles. The van der Waals surface area contributed by atoms with E-state index in [9.17, 15) is 19.1 Å². The summed E-state index contributed by atoms with van der Waals surface area (Å²) in [4.78, 5) is 38.9. The molecule has 3 N–H and O–H groups in total. The Morgan fingerprint density at radius 1 is 1.18 bits per heavy atom. The highest BCUT2D eigenvalue weighted by molar-refractivity contribution is 6.05. The van der Waals surface area contributed by atoms with Crippen molar-refractivity contribution in [3.63, 3.8) is 0 Å². The highest BCUT2D eigenvalue weighted by atomic mass is 19.1. The third kappa shape index (κ3) is 5.58. The first-order valence-electron chi connectivity index (χ1n) is 12.4. The Morgan fingerprint density at radius 2 is 2.00 bits per heavy atom. The van der Waals surface area contributed by atoms with E-state index in [2.05, 4.69) is 20.2 Å². The van der Waals surface area contributed by atoms with Crippen LogP contribution in [0.25, 0.3) is 0 Å². The average Bonchev–Trinajstić information content (AvgIpc) is 3.35. The second-order valence-electron chi connectivity index (χ2n) is 9.30. The fraction of sp³-hybridized carbons (Fsp3) is 0.333. The number of aliphatic hydroxyl groups is 2. The number of ketones is 1. The smallest absolute Gasteiger partial charge is 0.329 e. The van der Waals surface area contributed by atoms with E-state index in [1.54, 1.807) is 29.2 Å². The Morgan fingerprint density at radius 3 is 2.79 bits per heavy atom. The summed E-state index contributed by atoms with van der Waals surface area (Å²) in [6.45, 7) is 0.906. The Bertz CT molecular complexity index is 1320. The monoisotopic (exact) mass is 521 g/mol. The van der Waals surface area contributed by atoms with Crippen molar-refractivity contribution in [3.05, 3.63) is 71.8 Å². The summed E-state index contributed by atoms with van der Waals surface area (Å²) in [7, 11) is 0. The van der Waals surface area contributed by atoms with Crippen molar-refractivity contribution >= 4 is 29.1 Å². The average molecular weight is 522 g/mol. The molecule has 1 fully saturated rings. The maximum atomic E-state index is 13.4. The number of amides is 2. The van der Waals surface area contributed by atoms with Crippen LogP contribution in [0.4, 0.5) is 26.5 Å². The van der Waals surface area contributed by atoms with Crippen LogP contribution >= 0.6 is 0 Å². The number of pyridine rings is 2. The van der Waals surface area contributed by atoms with Gasteiger partial charge in [-0.05, 0) is 48.7 Å². The topological polar surface area (TPSA) is 128 Å². The van der Waals surface area contributed by atoms with E-state index in [-0.39, 0.29) is 42.2 Å². The molecule has 2 atom stereocenters. The number of nitrogens with zero attached hydrogens (tertiary/aromatic N) is 4. The van der Waals surface area contributed by atoms with Crippen LogP contribution in [0.3, 0.4) is 0 Å². The number of fused-ring (bicyclic) bond motifs is 4. The maximum Gasteiger partial charge on any atom is 0.329 e. The third-order valence-corrected chi connectivity index (χ3v) is 6.63. The molecule has 0 aliphatic carbocycles. The lowest BCUT2D eigenvalue weighted by Gasteiger charge is -2.35. The first-order valence-corrected chi connectivity index (χ1v) is 12.4. The Kier molecular flexibility index (Phi) is 7.47. The zero-order valence-corrected chi connectivity index (χ0v) is 20.6. The van der Waals surface area contributed by atoms with Gasteiger partial charge in [0.1, 0.15) is 35.8 Å². The highest BCUT2D eigenvalue weighted by Gasteiger charge is 2.40. The molecular weight excluding hydrogens is 493 g/mol. The second-order valence-corrected chi connectivity index (χ2v) is 9.30. The normalized spacial score (nSPS) is 16.7. The molecule has 2 bridgehead atoms. The zero-order valence-electron chi connectivity index (χ0n) is 20.6. The van der Waals surface area contributed by atoms with E-state index in [4.69, 9.17) is 9.84 Å². The van der Waals surface area contributed by atoms with Gasteiger partial charge < -0.3 is 19.8 Å². The fourth-order valence-electron chi connectivity index (χ4n) is 4.65. The number of hydrogen-bond acceptors (Lipinski definition) is 8. The summed E-state index contributed by atoms with van der Waals surface area (Å²) in [6, 6.07) is 12.1. The summed E-state index contributed by atoms with van der Waals surface area (Å²) in [6.07, 6.45) is 1.87. The van der Waals surface area contributed by atoms with Crippen LogP contribution in [-0.4, -0.2) is 70.4 Å². The Hall–Kier alpha value is -4.09. The molecule has 0 unspecified atom stereocenters. The van der Waals surface area contributed by atoms with Crippen molar-refractivity contribution in [1.29, 1.82) is 0 Å². The molecule has 2 aromatic heterocycles.